The van der Waals surface area contributed by atoms with Crippen LogP contribution in [-0.4, -0.2) is 0 Å². The highest BCUT2D eigenvalue weighted by Crippen LogP contribution is 2.43. The van der Waals surface area contributed by atoms with Crippen LogP contribution in [0.25, 0.3) is 0 Å². The molecule has 1 atom stereocenters. The van der Waals surface area contributed by atoms with Gasteiger partial charge >= 0.3 is 0 Å². The summed E-state index contributed by atoms with van der Waals surface area (Å²) in [7, 11) is 0. The van der Waals surface area contributed by atoms with Crippen LogP contribution >= 0.6 is 0 Å². The van der Waals surface area contributed by atoms with E-state index < -0.39 is 0 Å². The Morgan fingerprint density at radius 1 is 0.762 bits per heavy atom. The van der Waals surface area contributed by atoms with Crippen LogP contribution in [0, 0.1) is 17.8 Å². The zero-order valence-corrected chi connectivity index (χ0v) is 14.7. The van der Waals surface area contributed by atoms with Gasteiger partial charge in [0.2, 0.25) is 0 Å². The summed E-state index contributed by atoms with van der Waals surface area (Å²) in [5, 5.41) is 0. The van der Waals surface area contributed by atoms with E-state index in [1.165, 1.54) is 96.3 Å². The van der Waals surface area contributed by atoms with Gasteiger partial charge in [0.1, 0.15) is 0 Å². The van der Waals surface area contributed by atoms with Gasteiger partial charge in [0.15, 0.2) is 0 Å². The summed E-state index contributed by atoms with van der Waals surface area (Å²) >= 11 is 0. The second-order valence-corrected chi connectivity index (χ2v) is 7.78. The van der Waals surface area contributed by atoms with E-state index in [0.717, 1.165) is 11.8 Å². The third kappa shape index (κ3) is 6.33. The molecule has 0 saturated heterocycles. The van der Waals surface area contributed by atoms with Gasteiger partial charge in [-0.1, -0.05) is 96.8 Å². The Bertz CT molecular complexity index is 214. The van der Waals surface area contributed by atoms with Crippen molar-refractivity contribution in [2.24, 2.45) is 11.8 Å². The van der Waals surface area contributed by atoms with E-state index >= 15 is 0 Å². The van der Waals surface area contributed by atoms with Crippen molar-refractivity contribution in [1.82, 2.24) is 0 Å². The number of rotatable bonds is 9. The molecule has 0 nitrogen and oxygen atoms in total. The lowest BCUT2D eigenvalue weighted by Crippen LogP contribution is -2.26. The maximum absolute atomic E-state index is 2.32. The normalized spacial score (nSPS) is 22.0. The van der Waals surface area contributed by atoms with Crippen LogP contribution in [0.15, 0.2) is 0 Å². The monoisotopic (exact) mass is 291 g/mol. The van der Waals surface area contributed by atoms with Crippen LogP contribution in [0.4, 0.5) is 0 Å². The van der Waals surface area contributed by atoms with Crippen molar-refractivity contribution in [3.05, 3.63) is 5.92 Å². The summed E-state index contributed by atoms with van der Waals surface area (Å²) in [4.78, 5) is 0. The second-order valence-electron chi connectivity index (χ2n) is 7.78. The quantitative estimate of drug-likeness (QED) is 0.386. The first-order valence-electron chi connectivity index (χ1n) is 10.3. The molecule has 1 radical (unpaired) electrons. The Labute approximate surface area is 134 Å². The summed E-state index contributed by atoms with van der Waals surface area (Å²) < 4.78 is 0. The molecular formula is C21H39. The van der Waals surface area contributed by atoms with Gasteiger partial charge in [0, 0.05) is 0 Å². The predicted molar refractivity (Wildman–Crippen MR) is 94.4 cm³/mol. The molecule has 0 aromatic rings. The van der Waals surface area contributed by atoms with E-state index in [-0.39, 0.29) is 0 Å². The second kappa shape index (κ2) is 10.7. The average Bonchev–Trinajstić information content (AvgIpc) is 2.56. The summed E-state index contributed by atoms with van der Waals surface area (Å²) in [5.41, 5.74) is 0. The SMILES string of the molecule is CCCCCCCCC([C]1CCCCC1)C1CCCCC1. The summed E-state index contributed by atoms with van der Waals surface area (Å²) in [6, 6.07) is 0. The molecule has 2 aliphatic rings. The molecule has 0 bridgehead atoms. The van der Waals surface area contributed by atoms with E-state index in [1.807, 2.05) is 5.92 Å². The lowest BCUT2D eigenvalue weighted by Gasteiger charge is -2.37. The third-order valence-electron chi connectivity index (χ3n) is 6.11. The molecule has 0 N–H and O–H groups in total. The molecule has 2 aliphatic carbocycles. The van der Waals surface area contributed by atoms with Crippen LogP contribution in [0.5, 0.6) is 0 Å². The standard InChI is InChI=1S/C21H39/c1-2-3-4-5-6-13-18-21(19-14-9-7-10-15-19)20-16-11-8-12-17-20/h19,21H,2-18H2,1H3. The van der Waals surface area contributed by atoms with Crippen LogP contribution in [0.2, 0.25) is 0 Å². The predicted octanol–water partition coefficient (Wildman–Crippen LogP) is 7.47. The van der Waals surface area contributed by atoms with Crippen molar-refractivity contribution < 1.29 is 0 Å². The van der Waals surface area contributed by atoms with E-state index in [2.05, 4.69) is 6.92 Å². The molecule has 2 fully saturated rings. The largest absolute Gasteiger partial charge is 0.0654 e. The van der Waals surface area contributed by atoms with Gasteiger partial charge in [-0.2, -0.15) is 0 Å². The van der Waals surface area contributed by atoms with Gasteiger partial charge in [-0.3, -0.25) is 0 Å². The first-order chi connectivity index (χ1) is 10.4. The Balaban J connectivity index is 1.74. The molecule has 0 amide bonds. The minimum absolute atomic E-state index is 1.02. The third-order valence-corrected chi connectivity index (χ3v) is 6.11. The van der Waals surface area contributed by atoms with Crippen molar-refractivity contribution in [2.45, 2.75) is 116 Å². The molecule has 21 heavy (non-hydrogen) atoms. The van der Waals surface area contributed by atoms with Crippen LogP contribution in [-0.2, 0) is 0 Å². The van der Waals surface area contributed by atoms with Crippen molar-refractivity contribution in [3.8, 4) is 0 Å². The first-order valence-corrected chi connectivity index (χ1v) is 10.3. The van der Waals surface area contributed by atoms with Gasteiger partial charge in [-0.25, -0.2) is 0 Å². The fourth-order valence-corrected chi connectivity index (χ4v) is 4.83. The number of unbranched alkanes of at least 4 members (excludes halogenated alkanes) is 5. The maximum atomic E-state index is 2.32. The molecule has 0 aliphatic heterocycles. The highest BCUT2D eigenvalue weighted by atomic mass is 14.4. The summed E-state index contributed by atoms with van der Waals surface area (Å²) in [5.74, 6) is 4.10. The fraction of sp³-hybridized carbons (Fsp3) is 0.952. The topological polar surface area (TPSA) is 0 Å². The van der Waals surface area contributed by atoms with Gasteiger partial charge < -0.3 is 0 Å². The molecule has 0 spiro atoms. The lowest BCUT2D eigenvalue weighted by atomic mass is 9.68. The molecule has 1 unspecified atom stereocenters. The van der Waals surface area contributed by atoms with Gasteiger partial charge in [0.05, 0.1) is 0 Å². The Hall–Kier alpha value is 0. The zero-order chi connectivity index (χ0) is 14.8. The number of hydrogen-bond donors (Lipinski definition) is 0. The van der Waals surface area contributed by atoms with Crippen molar-refractivity contribution >= 4 is 0 Å². The minimum atomic E-state index is 1.02. The van der Waals surface area contributed by atoms with Gasteiger partial charge in [0.25, 0.3) is 0 Å². The van der Waals surface area contributed by atoms with Crippen molar-refractivity contribution in [1.29, 1.82) is 0 Å². The first kappa shape index (κ1) is 17.4. The van der Waals surface area contributed by atoms with E-state index in [0.29, 0.717) is 0 Å². The summed E-state index contributed by atoms with van der Waals surface area (Å²) in [6.07, 6.45) is 25.4. The van der Waals surface area contributed by atoms with Crippen molar-refractivity contribution in [3.63, 3.8) is 0 Å². The molecule has 0 heteroatoms. The molecule has 0 aromatic heterocycles. The van der Waals surface area contributed by atoms with Gasteiger partial charge in [-0.05, 0) is 37.0 Å². The minimum Gasteiger partial charge on any atom is -0.0654 e. The zero-order valence-electron chi connectivity index (χ0n) is 14.7. The molecule has 123 valence electrons. The lowest BCUT2D eigenvalue weighted by molar-refractivity contribution is 0.219. The molecule has 0 aromatic carbocycles. The molecule has 2 rings (SSSR count). The van der Waals surface area contributed by atoms with E-state index in [1.54, 1.807) is 12.8 Å². The Morgan fingerprint density at radius 2 is 1.38 bits per heavy atom. The molecule has 2 saturated carbocycles. The van der Waals surface area contributed by atoms with E-state index in [9.17, 15) is 0 Å². The van der Waals surface area contributed by atoms with E-state index in [4.69, 9.17) is 0 Å². The molecule has 0 heterocycles. The smallest absolute Gasteiger partial charge is 0.0207 e. The number of hydrogen-bond acceptors (Lipinski definition) is 0. The Kier molecular flexibility index (Phi) is 8.83. The van der Waals surface area contributed by atoms with Crippen LogP contribution in [0.3, 0.4) is 0 Å². The Morgan fingerprint density at radius 3 is 2.10 bits per heavy atom. The van der Waals surface area contributed by atoms with Crippen molar-refractivity contribution in [2.75, 3.05) is 0 Å². The van der Waals surface area contributed by atoms with Crippen LogP contribution < -0.4 is 0 Å². The molecular weight excluding hydrogens is 252 g/mol. The highest BCUT2D eigenvalue weighted by Gasteiger charge is 2.31. The maximum Gasteiger partial charge on any atom is -0.0207 e. The fourth-order valence-electron chi connectivity index (χ4n) is 4.83. The van der Waals surface area contributed by atoms with Gasteiger partial charge in [-0.15, -0.1) is 0 Å². The summed E-state index contributed by atoms with van der Waals surface area (Å²) in [6.45, 7) is 2.32. The highest BCUT2D eigenvalue weighted by molar-refractivity contribution is 5.01. The average molecular weight is 292 g/mol. The van der Waals surface area contributed by atoms with Crippen LogP contribution in [0.1, 0.15) is 116 Å².